The van der Waals surface area contributed by atoms with Crippen LogP contribution in [0.1, 0.15) is 12.0 Å². The Morgan fingerprint density at radius 3 is 2.93 bits per heavy atom. The molecule has 1 aliphatic heterocycles. The first-order valence-electron chi connectivity index (χ1n) is 4.96. The Bertz CT molecular complexity index is 401. The number of hydrogen-bond acceptors (Lipinski definition) is 3. The average molecular weight is 224 g/mol. The van der Waals surface area contributed by atoms with E-state index in [2.05, 4.69) is 23.0 Å². The summed E-state index contributed by atoms with van der Waals surface area (Å²) in [6.45, 7) is 2.03. The summed E-state index contributed by atoms with van der Waals surface area (Å²) in [5.74, 6) is 0.470. The maximum absolute atomic E-state index is 6.12. The van der Waals surface area contributed by atoms with Crippen molar-refractivity contribution in [3.63, 3.8) is 0 Å². The average Bonchev–Trinajstić information content (AvgIpc) is 2.20. The van der Waals surface area contributed by atoms with Gasteiger partial charge in [0.25, 0.3) is 0 Å². The lowest BCUT2D eigenvalue weighted by Gasteiger charge is -2.22. The second-order valence-corrected chi connectivity index (χ2v) is 4.24. The molecule has 0 fully saturated rings. The Kier molecular flexibility index (Phi) is 2.93. The molecular weight excluding hydrogens is 210 g/mol. The minimum absolute atomic E-state index is 0.470. The summed E-state index contributed by atoms with van der Waals surface area (Å²) < 4.78 is 0. The Morgan fingerprint density at radius 1 is 1.53 bits per heavy atom. The molecule has 80 valence electrons. The summed E-state index contributed by atoms with van der Waals surface area (Å²) in [7, 11) is 2.11. The monoisotopic (exact) mass is 223 g/mol. The van der Waals surface area contributed by atoms with Crippen molar-refractivity contribution in [1.82, 2.24) is 9.88 Å². The van der Waals surface area contributed by atoms with Crippen molar-refractivity contribution in [3.8, 4) is 0 Å². The number of nitrogens with zero attached hydrogens (tertiary/aromatic N) is 2. The fraction of sp³-hybridized carbons (Fsp3) is 0.364. The van der Waals surface area contributed by atoms with Crippen molar-refractivity contribution in [3.05, 3.63) is 28.9 Å². The second-order valence-electron chi connectivity index (χ2n) is 3.83. The first-order valence-corrected chi connectivity index (χ1v) is 5.33. The summed E-state index contributed by atoms with van der Waals surface area (Å²) in [5, 5.41) is 0.693. The molecule has 0 unspecified atom stereocenters. The van der Waals surface area contributed by atoms with Crippen LogP contribution in [0, 0.1) is 0 Å². The van der Waals surface area contributed by atoms with E-state index < -0.39 is 0 Å². The minimum Gasteiger partial charge on any atom is -0.384 e. The lowest BCUT2D eigenvalue weighted by Crippen LogP contribution is -2.23. The third-order valence-corrected chi connectivity index (χ3v) is 2.95. The molecule has 1 aromatic heterocycles. The van der Waals surface area contributed by atoms with Crippen LogP contribution in [0.3, 0.4) is 0 Å². The molecule has 2 N–H and O–H groups in total. The topological polar surface area (TPSA) is 42.2 Å². The molecule has 3 nitrogen and oxygen atoms in total. The van der Waals surface area contributed by atoms with Gasteiger partial charge < -0.3 is 10.6 Å². The van der Waals surface area contributed by atoms with Gasteiger partial charge in [0.15, 0.2) is 0 Å². The van der Waals surface area contributed by atoms with E-state index in [-0.39, 0.29) is 0 Å². The molecule has 15 heavy (non-hydrogen) atoms. The molecule has 0 amide bonds. The van der Waals surface area contributed by atoms with Gasteiger partial charge in [-0.05, 0) is 25.1 Å². The molecule has 0 atom stereocenters. The van der Waals surface area contributed by atoms with Gasteiger partial charge in [-0.3, -0.25) is 0 Å². The maximum Gasteiger partial charge on any atom is 0.124 e. The quantitative estimate of drug-likeness (QED) is 0.792. The summed E-state index contributed by atoms with van der Waals surface area (Å²) in [5.41, 5.74) is 7.84. The zero-order chi connectivity index (χ0) is 10.8. The smallest absolute Gasteiger partial charge is 0.124 e. The van der Waals surface area contributed by atoms with Crippen molar-refractivity contribution in [1.29, 1.82) is 0 Å². The lowest BCUT2D eigenvalue weighted by atomic mass is 10.0. The Balaban J connectivity index is 2.30. The number of hydrogen-bond donors (Lipinski definition) is 1. The zero-order valence-corrected chi connectivity index (χ0v) is 9.46. The van der Waals surface area contributed by atoms with Crippen molar-refractivity contribution < 1.29 is 0 Å². The van der Waals surface area contributed by atoms with E-state index in [4.69, 9.17) is 17.3 Å². The highest BCUT2D eigenvalue weighted by Gasteiger charge is 2.12. The van der Waals surface area contributed by atoms with E-state index in [1.54, 1.807) is 12.3 Å². The number of likely N-dealkylation sites (N-methyl/N-ethyl adjacent to an activating group) is 1. The Morgan fingerprint density at radius 2 is 2.33 bits per heavy atom. The van der Waals surface area contributed by atoms with Gasteiger partial charge in [-0.15, -0.1) is 0 Å². The van der Waals surface area contributed by atoms with E-state index in [0.29, 0.717) is 10.8 Å². The molecule has 1 aromatic rings. The molecule has 4 heteroatoms. The number of nitrogen functional groups attached to an aromatic ring is 1. The number of rotatable bonds is 1. The SMILES string of the molecule is CN1CC=C(c2cnc(N)cc2Cl)CC1. The molecule has 0 bridgehead atoms. The predicted octanol–water partition coefficient (Wildman–Crippen LogP) is 2.04. The van der Waals surface area contributed by atoms with Crippen LogP contribution >= 0.6 is 11.6 Å². The van der Waals surface area contributed by atoms with Crippen molar-refractivity contribution in [2.24, 2.45) is 0 Å². The van der Waals surface area contributed by atoms with Crippen LogP contribution in [0.4, 0.5) is 5.82 Å². The van der Waals surface area contributed by atoms with Gasteiger partial charge in [0.05, 0.1) is 5.02 Å². The second kappa shape index (κ2) is 4.21. The maximum atomic E-state index is 6.12. The van der Waals surface area contributed by atoms with Crippen LogP contribution in [0.15, 0.2) is 18.3 Å². The summed E-state index contributed by atoms with van der Waals surface area (Å²) in [4.78, 5) is 6.34. The van der Waals surface area contributed by atoms with E-state index in [9.17, 15) is 0 Å². The predicted molar refractivity (Wildman–Crippen MR) is 63.8 cm³/mol. The molecule has 0 aliphatic carbocycles. The third kappa shape index (κ3) is 2.30. The van der Waals surface area contributed by atoms with Crippen LogP contribution in [-0.2, 0) is 0 Å². The molecule has 0 saturated heterocycles. The van der Waals surface area contributed by atoms with E-state index in [1.807, 2.05) is 0 Å². The number of halogens is 1. The molecule has 0 aromatic carbocycles. The van der Waals surface area contributed by atoms with E-state index >= 15 is 0 Å². The fourth-order valence-corrected chi connectivity index (χ4v) is 1.98. The molecule has 0 radical (unpaired) electrons. The highest BCUT2D eigenvalue weighted by molar-refractivity contribution is 6.32. The van der Waals surface area contributed by atoms with Crippen LogP contribution < -0.4 is 5.73 Å². The first kappa shape index (κ1) is 10.5. The molecule has 0 saturated carbocycles. The van der Waals surface area contributed by atoms with Gasteiger partial charge in [0.1, 0.15) is 5.82 Å². The summed E-state index contributed by atoms with van der Waals surface area (Å²) in [6, 6.07) is 1.70. The van der Waals surface area contributed by atoms with Gasteiger partial charge in [-0.2, -0.15) is 0 Å². The molecule has 0 spiro atoms. The Labute approximate surface area is 94.5 Å². The van der Waals surface area contributed by atoms with E-state index in [0.717, 1.165) is 25.1 Å². The first-order chi connectivity index (χ1) is 7.16. The van der Waals surface area contributed by atoms with Crippen molar-refractivity contribution >= 4 is 23.0 Å². The summed E-state index contributed by atoms with van der Waals surface area (Å²) in [6.07, 6.45) is 4.97. The minimum atomic E-state index is 0.470. The highest BCUT2D eigenvalue weighted by Crippen LogP contribution is 2.28. The number of aromatic nitrogens is 1. The molecule has 2 heterocycles. The number of anilines is 1. The number of nitrogens with two attached hydrogens (primary N) is 1. The van der Waals surface area contributed by atoms with Crippen LogP contribution in [0.5, 0.6) is 0 Å². The van der Waals surface area contributed by atoms with Crippen molar-refractivity contribution in [2.75, 3.05) is 25.9 Å². The highest BCUT2D eigenvalue weighted by atomic mass is 35.5. The van der Waals surface area contributed by atoms with Gasteiger partial charge in [-0.1, -0.05) is 17.7 Å². The fourth-order valence-electron chi connectivity index (χ4n) is 1.70. The van der Waals surface area contributed by atoms with Gasteiger partial charge >= 0.3 is 0 Å². The van der Waals surface area contributed by atoms with Gasteiger partial charge in [0, 0.05) is 24.8 Å². The van der Waals surface area contributed by atoms with E-state index in [1.165, 1.54) is 5.57 Å². The standard InChI is InChI=1S/C11H14ClN3/c1-15-4-2-8(3-5-15)9-7-14-11(13)6-10(9)12/h2,6-7H,3-5H2,1H3,(H2,13,14). The zero-order valence-electron chi connectivity index (χ0n) is 8.70. The van der Waals surface area contributed by atoms with Crippen LogP contribution in [0.25, 0.3) is 5.57 Å². The molecule has 2 rings (SSSR count). The largest absolute Gasteiger partial charge is 0.384 e. The summed E-state index contributed by atoms with van der Waals surface area (Å²) >= 11 is 6.12. The Hall–Kier alpha value is -1.06. The third-order valence-electron chi connectivity index (χ3n) is 2.63. The molecule has 1 aliphatic rings. The van der Waals surface area contributed by atoms with Gasteiger partial charge in [-0.25, -0.2) is 4.98 Å². The van der Waals surface area contributed by atoms with Crippen LogP contribution in [-0.4, -0.2) is 30.0 Å². The molecular formula is C11H14ClN3. The van der Waals surface area contributed by atoms with Crippen LogP contribution in [0.2, 0.25) is 5.02 Å². The lowest BCUT2D eigenvalue weighted by molar-refractivity contribution is 0.370. The normalized spacial score (nSPS) is 17.6. The number of pyridine rings is 1. The van der Waals surface area contributed by atoms with Gasteiger partial charge in [0.2, 0.25) is 0 Å². The van der Waals surface area contributed by atoms with Crippen molar-refractivity contribution in [2.45, 2.75) is 6.42 Å².